The van der Waals surface area contributed by atoms with Gasteiger partial charge in [-0.05, 0) is 12.0 Å². The Labute approximate surface area is 128 Å². The summed E-state index contributed by atoms with van der Waals surface area (Å²) in [6.07, 6.45) is 2.09. The SMILES string of the molecule is CN(C)C(=O)N1CCc2cccc(C3=CC(=O)N(C)C3=O)c21. The summed E-state index contributed by atoms with van der Waals surface area (Å²) in [5.74, 6) is -0.663. The highest BCUT2D eigenvalue weighted by atomic mass is 16.2. The van der Waals surface area contributed by atoms with Crippen LogP contribution in [-0.4, -0.2) is 55.3 Å². The quantitative estimate of drug-likeness (QED) is 0.730. The first-order chi connectivity index (χ1) is 10.4. The predicted molar refractivity (Wildman–Crippen MR) is 82.3 cm³/mol. The van der Waals surface area contributed by atoms with Crippen LogP contribution in [0.5, 0.6) is 0 Å². The van der Waals surface area contributed by atoms with Crippen molar-refractivity contribution >= 4 is 29.1 Å². The van der Waals surface area contributed by atoms with E-state index in [0.717, 1.165) is 22.6 Å². The van der Waals surface area contributed by atoms with Gasteiger partial charge in [0.1, 0.15) is 0 Å². The molecular weight excluding hydrogens is 282 g/mol. The Morgan fingerprint density at radius 1 is 1.23 bits per heavy atom. The van der Waals surface area contributed by atoms with Gasteiger partial charge in [-0.2, -0.15) is 0 Å². The van der Waals surface area contributed by atoms with Crippen LogP contribution in [0.2, 0.25) is 0 Å². The van der Waals surface area contributed by atoms with Crippen molar-refractivity contribution in [2.24, 2.45) is 0 Å². The predicted octanol–water partition coefficient (Wildman–Crippen LogP) is 1.11. The van der Waals surface area contributed by atoms with Crippen LogP contribution < -0.4 is 4.90 Å². The molecule has 0 bridgehead atoms. The number of nitrogens with zero attached hydrogens (tertiary/aromatic N) is 3. The molecule has 0 atom stereocenters. The van der Waals surface area contributed by atoms with E-state index < -0.39 is 0 Å². The summed E-state index contributed by atoms with van der Waals surface area (Å²) < 4.78 is 0. The van der Waals surface area contributed by atoms with Crippen molar-refractivity contribution in [3.63, 3.8) is 0 Å². The third kappa shape index (κ3) is 1.99. The van der Waals surface area contributed by atoms with E-state index in [9.17, 15) is 14.4 Å². The summed E-state index contributed by atoms with van der Waals surface area (Å²) in [4.78, 5) is 40.6. The fourth-order valence-corrected chi connectivity index (χ4v) is 2.86. The zero-order valence-electron chi connectivity index (χ0n) is 12.8. The van der Waals surface area contributed by atoms with Gasteiger partial charge >= 0.3 is 6.03 Å². The van der Waals surface area contributed by atoms with Crippen LogP contribution in [0.4, 0.5) is 10.5 Å². The number of carbonyl (C=O) groups excluding carboxylic acids is 3. The molecule has 1 aromatic rings. The van der Waals surface area contributed by atoms with Crippen molar-refractivity contribution in [2.45, 2.75) is 6.42 Å². The largest absolute Gasteiger partial charge is 0.330 e. The highest BCUT2D eigenvalue weighted by molar-refractivity contribution is 6.34. The van der Waals surface area contributed by atoms with E-state index in [2.05, 4.69) is 0 Å². The van der Waals surface area contributed by atoms with Gasteiger partial charge in [-0.15, -0.1) is 0 Å². The highest BCUT2D eigenvalue weighted by Gasteiger charge is 2.34. The minimum atomic E-state index is -0.332. The number of hydrogen-bond acceptors (Lipinski definition) is 3. The van der Waals surface area contributed by atoms with Gasteiger partial charge in [0.25, 0.3) is 11.8 Å². The molecule has 6 nitrogen and oxygen atoms in total. The number of benzene rings is 1. The molecule has 6 heteroatoms. The Morgan fingerprint density at radius 3 is 2.55 bits per heavy atom. The van der Waals surface area contributed by atoms with Crippen molar-refractivity contribution in [3.8, 4) is 0 Å². The third-order valence-corrected chi connectivity index (χ3v) is 4.03. The summed E-state index contributed by atoms with van der Waals surface area (Å²) in [6.45, 7) is 0.578. The number of anilines is 1. The number of imide groups is 1. The first kappa shape index (κ1) is 14.3. The van der Waals surface area contributed by atoms with Crippen LogP contribution in [0, 0.1) is 0 Å². The Kier molecular flexibility index (Phi) is 3.24. The number of rotatable bonds is 1. The molecule has 0 fully saturated rings. The van der Waals surface area contributed by atoms with E-state index in [1.54, 1.807) is 25.1 Å². The number of likely N-dealkylation sites (N-methyl/N-ethyl adjacent to an activating group) is 1. The molecule has 0 saturated carbocycles. The number of amides is 4. The maximum atomic E-state index is 12.4. The van der Waals surface area contributed by atoms with Gasteiger partial charge in [-0.3, -0.25) is 19.4 Å². The topological polar surface area (TPSA) is 60.9 Å². The van der Waals surface area contributed by atoms with Crippen LogP contribution in [0.3, 0.4) is 0 Å². The van der Waals surface area contributed by atoms with Crippen LogP contribution in [-0.2, 0) is 16.0 Å². The zero-order chi connectivity index (χ0) is 16.0. The van der Waals surface area contributed by atoms with Gasteiger partial charge in [-0.1, -0.05) is 18.2 Å². The van der Waals surface area contributed by atoms with Crippen molar-refractivity contribution in [2.75, 3.05) is 32.6 Å². The Balaban J connectivity index is 2.11. The highest BCUT2D eigenvalue weighted by Crippen LogP contribution is 2.38. The van der Waals surface area contributed by atoms with Crippen LogP contribution in [0.1, 0.15) is 11.1 Å². The standard InChI is InChI=1S/C16H17N3O3/c1-17(2)16(22)19-8-7-10-5-4-6-11(14(10)19)12-9-13(20)18(3)15(12)21/h4-6,9H,7-8H2,1-3H3. The van der Waals surface area contributed by atoms with Crippen molar-refractivity contribution < 1.29 is 14.4 Å². The molecule has 0 N–H and O–H groups in total. The van der Waals surface area contributed by atoms with E-state index in [1.165, 1.54) is 18.0 Å². The molecule has 22 heavy (non-hydrogen) atoms. The minimum Gasteiger partial charge on any atom is -0.330 e. The molecule has 2 aliphatic rings. The van der Waals surface area contributed by atoms with Crippen molar-refractivity contribution in [1.82, 2.24) is 9.80 Å². The minimum absolute atomic E-state index is 0.128. The first-order valence-corrected chi connectivity index (χ1v) is 7.06. The van der Waals surface area contributed by atoms with E-state index in [0.29, 0.717) is 17.7 Å². The number of fused-ring (bicyclic) bond motifs is 1. The smallest absolute Gasteiger partial charge is 0.323 e. The molecule has 3 rings (SSSR count). The van der Waals surface area contributed by atoms with Crippen LogP contribution in [0.25, 0.3) is 5.57 Å². The molecule has 1 aromatic carbocycles. The lowest BCUT2D eigenvalue weighted by atomic mass is 10.0. The summed E-state index contributed by atoms with van der Waals surface area (Å²) in [5, 5.41) is 0. The summed E-state index contributed by atoms with van der Waals surface area (Å²) >= 11 is 0. The Hall–Kier alpha value is -2.63. The fourth-order valence-electron chi connectivity index (χ4n) is 2.86. The number of urea groups is 1. The van der Waals surface area contributed by atoms with Crippen LogP contribution in [0.15, 0.2) is 24.3 Å². The molecule has 0 aromatic heterocycles. The first-order valence-electron chi connectivity index (χ1n) is 7.06. The zero-order valence-corrected chi connectivity index (χ0v) is 12.8. The molecule has 0 aliphatic carbocycles. The van der Waals surface area contributed by atoms with Crippen molar-refractivity contribution in [3.05, 3.63) is 35.4 Å². The molecule has 2 heterocycles. The van der Waals surface area contributed by atoms with Gasteiger partial charge in [0, 0.05) is 39.3 Å². The lowest BCUT2D eigenvalue weighted by Gasteiger charge is -2.24. The monoisotopic (exact) mass is 299 g/mol. The van der Waals surface area contributed by atoms with Crippen LogP contribution >= 0.6 is 0 Å². The average Bonchev–Trinajstić information content (AvgIpc) is 3.03. The molecule has 0 unspecified atom stereocenters. The van der Waals surface area contributed by atoms with Gasteiger partial charge < -0.3 is 4.90 Å². The molecular formula is C16H17N3O3. The van der Waals surface area contributed by atoms with E-state index in [4.69, 9.17) is 0 Å². The molecule has 2 aliphatic heterocycles. The summed E-state index contributed by atoms with van der Waals surface area (Å²) in [6, 6.07) is 5.47. The van der Waals surface area contributed by atoms with Crippen molar-refractivity contribution in [1.29, 1.82) is 0 Å². The Morgan fingerprint density at radius 2 is 1.95 bits per heavy atom. The molecule has 4 amide bonds. The second kappa shape index (κ2) is 4.98. The lowest BCUT2D eigenvalue weighted by molar-refractivity contribution is -0.134. The van der Waals surface area contributed by atoms with E-state index >= 15 is 0 Å². The van der Waals surface area contributed by atoms with Gasteiger partial charge in [0.2, 0.25) is 0 Å². The van der Waals surface area contributed by atoms with E-state index in [-0.39, 0.29) is 17.8 Å². The molecule has 0 spiro atoms. The maximum absolute atomic E-state index is 12.4. The molecule has 0 saturated heterocycles. The number of hydrogen-bond donors (Lipinski definition) is 0. The summed E-state index contributed by atoms with van der Waals surface area (Å²) in [7, 11) is 4.85. The molecule has 114 valence electrons. The van der Waals surface area contributed by atoms with Gasteiger partial charge in [-0.25, -0.2) is 4.79 Å². The average molecular weight is 299 g/mol. The molecule has 0 radical (unpaired) electrons. The maximum Gasteiger partial charge on any atom is 0.323 e. The third-order valence-electron chi connectivity index (χ3n) is 4.03. The number of para-hydroxylation sites is 1. The lowest BCUT2D eigenvalue weighted by Crippen LogP contribution is -2.38. The Bertz CT molecular complexity index is 721. The second-order valence-corrected chi connectivity index (χ2v) is 5.65. The van der Waals surface area contributed by atoms with Gasteiger partial charge in [0.15, 0.2) is 0 Å². The second-order valence-electron chi connectivity index (χ2n) is 5.65. The van der Waals surface area contributed by atoms with E-state index in [1.807, 2.05) is 12.1 Å². The fraction of sp³-hybridized carbons (Fsp3) is 0.312. The normalized spacial score (nSPS) is 17.0. The number of carbonyl (C=O) groups is 3. The summed E-state index contributed by atoms with van der Waals surface area (Å²) in [5.41, 5.74) is 2.75. The van der Waals surface area contributed by atoms with Gasteiger partial charge in [0.05, 0.1) is 11.3 Å².